The van der Waals surface area contributed by atoms with Crippen molar-refractivity contribution in [2.24, 2.45) is 13.0 Å². The van der Waals surface area contributed by atoms with Crippen molar-refractivity contribution >= 4 is 12.0 Å². The Bertz CT molecular complexity index is 456. The van der Waals surface area contributed by atoms with E-state index in [4.69, 9.17) is 5.11 Å². The molecule has 20 heavy (non-hydrogen) atoms. The van der Waals surface area contributed by atoms with Gasteiger partial charge in [0.05, 0.1) is 6.20 Å². The van der Waals surface area contributed by atoms with Crippen molar-refractivity contribution < 1.29 is 14.7 Å². The van der Waals surface area contributed by atoms with Crippen molar-refractivity contribution in [2.75, 3.05) is 6.54 Å². The number of aliphatic carboxylic acids is 1. The number of hydrogen-bond donors (Lipinski definition) is 3. The second-order valence-corrected chi connectivity index (χ2v) is 5.15. The van der Waals surface area contributed by atoms with Crippen molar-refractivity contribution in [1.82, 2.24) is 20.4 Å². The summed E-state index contributed by atoms with van der Waals surface area (Å²) < 4.78 is 1.49. The van der Waals surface area contributed by atoms with Gasteiger partial charge >= 0.3 is 12.0 Å². The van der Waals surface area contributed by atoms with Crippen molar-refractivity contribution in [1.29, 1.82) is 0 Å². The predicted molar refractivity (Wildman–Crippen MR) is 74.2 cm³/mol. The van der Waals surface area contributed by atoms with E-state index in [1.54, 1.807) is 13.2 Å². The molecule has 0 aliphatic heterocycles. The fourth-order valence-corrected chi connectivity index (χ4v) is 1.77. The highest BCUT2D eigenvalue weighted by atomic mass is 16.4. The average Bonchev–Trinajstić information content (AvgIpc) is 2.77. The van der Waals surface area contributed by atoms with Gasteiger partial charge in [0.25, 0.3) is 0 Å². The third kappa shape index (κ3) is 5.29. The molecule has 1 rings (SSSR count). The van der Waals surface area contributed by atoms with Gasteiger partial charge in [0, 0.05) is 25.4 Å². The number of rotatable bonds is 7. The quantitative estimate of drug-likeness (QED) is 0.656. The Labute approximate surface area is 118 Å². The smallest absolute Gasteiger partial charge is 0.331 e. The second-order valence-electron chi connectivity index (χ2n) is 5.15. The lowest BCUT2D eigenvalue weighted by Crippen LogP contribution is -2.41. The van der Waals surface area contributed by atoms with Gasteiger partial charge in [-0.25, -0.2) is 9.59 Å². The Kier molecular flexibility index (Phi) is 6.02. The molecule has 1 unspecified atom stereocenters. The molecule has 2 amide bonds. The van der Waals surface area contributed by atoms with Crippen LogP contribution in [0.2, 0.25) is 0 Å². The molecule has 0 bridgehead atoms. The number of aromatic nitrogens is 2. The van der Waals surface area contributed by atoms with Crippen LogP contribution in [0.15, 0.2) is 12.4 Å². The molecule has 0 aliphatic carbocycles. The molecule has 0 spiro atoms. The Morgan fingerprint density at radius 3 is 2.65 bits per heavy atom. The number of urea groups is 1. The van der Waals surface area contributed by atoms with E-state index in [2.05, 4.69) is 29.6 Å². The van der Waals surface area contributed by atoms with E-state index in [9.17, 15) is 9.59 Å². The molecule has 0 saturated heterocycles. The van der Waals surface area contributed by atoms with Gasteiger partial charge in [-0.2, -0.15) is 5.10 Å². The molecular formula is C13H22N4O3. The summed E-state index contributed by atoms with van der Waals surface area (Å²) in [5.74, 6) is -0.530. The molecule has 0 radical (unpaired) electrons. The summed E-state index contributed by atoms with van der Waals surface area (Å²) in [5, 5.41) is 18.1. The first-order valence-electron chi connectivity index (χ1n) is 6.66. The van der Waals surface area contributed by atoms with Gasteiger partial charge in [-0.05, 0) is 18.8 Å². The zero-order chi connectivity index (χ0) is 15.1. The Morgan fingerprint density at radius 2 is 2.15 bits per heavy atom. The SMILES string of the molecule is CC(C)CCCNC(=O)NC(C(=O)O)c1cnn(C)c1. The number of nitrogens with zero attached hydrogens (tertiary/aromatic N) is 2. The molecule has 7 heteroatoms. The molecule has 3 N–H and O–H groups in total. The lowest BCUT2D eigenvalue weighted by Gasteiger charge is -2.14. The van der Waals surface area contributed by atoms with E-state index < -0.39 is 18.0 Å². The zero-order valence-electron chi connectivity index (χ0n) is 12.1. The first kappa shape index (κ1) is 16.0. The minimum atomic E-state index is -1.12. The van der Waals surface area contributed by atoms with Gasteiger partial charge in [0.2, 0.25) is 0 Å². The van der Waals surface area contributed by atoms with Crippen LogP contribution >= 0.6 is 0 Å². The van der Waals surface area contributed by atoms with Crippen LogP contribution in [0, 0.1) is 5.92 Å². The Morgan fingerprint density at radius 1 is 1.45 bits per heavy atom. The van der Waals surface area contributed by atoms with E-state index in [1.807, 2.05) is 0 Å². The molecule has 0 aromatic carbocycles. The number of carbonyl (C=O) groups excluding carboxylic acids is 1. The summed E-state index contributed by atoms with van der Waals surface area (Å²) in [4.78, 5) is 22.9. The monoisotopic (exact) mass is 282 g/mol. The maximum atomic E-state index is 11.7. The molecule has 0 fully saturated rings. The molecule has 1 aromatic rings. The standard InChI is InChI=1S/C13H22N4O3/c1-9(2)5-4-6-14-13(20)16-11(12(18)19)10-7-15-17(3)8-10/h7-9,11H,4-6H2,1-3H3,(H,18,19)(H2,14,16,20). The summed E-state index contributed by atoms with van der Waals surface area (Å²) >= 11 is 0. The van der Waals surface area contributed by atoms with Crippen LogP contribution in [0.5, 0.6) is 0 Å². The number of nitrogens with one attached hydrogen (secondary N) is 2. The van der Waals surface area contributed by atoms with Crippen LogP contribution < -0.4 is 10.6 Å². The van der Waals surface area contributed by atoms with Gasteiger partial charge in [-0.3, -0.25) is 4.68 Å². The van der Waals surface area contributed by atoms with Gasteiger partial charge in [-0.15, -0.1) is 0 Å². The van der Waals surface area contributed by atoms with E-state index in [0.717, 1.165) is 12.8 Å². The molecule has 1 atom stereocenters. The molecular weight excluding hydrogens is 260 g/mol. The van der Waals surface area contributed by atoms with Crippen LogP contribution in [0.3, 0.4) is 0 Å². The van der Waals surface area contributed by atoms with Crippen LogP contribution in [0.4, 0.5) is 4.79 Å². The van der Waals surface area contributed by atoms with Crippen molar-refractivity contribution in [2.45, 2.75) is 32.7 Å². The van der Waals surface area contributed by atoms with Gasteiger partial charge < -0.3 is 15.7 Å². The first-order valence-corrected chi connectivity index (χ1v) is 6.66. The summed E-state index contributed by atoms with van der Waals surface area (Å²) in [7, 11) is 1.69. The van der Waals surface area contributed by atoms with E-state index in [1.165, 1.54) is 10.9 Å². The van der Waals surface area contributed by atoms with E-state index in [0.29, 0.717) is 18.0 Å². The van der Waals surface area contributed by atoms with Gasteiger partial charge in [-0.1, -0.05) is 13.8 Å². The molecule has 1 heterocycles. The number of hydrogen-bond acceptors (Lipinski definition) is 3. The predicted octanol–water partition coefficient (Wildman–Crippen LogP) is 1.28. The minimum absolute atomic E-state index is 0.442. The second kappa shape index (κ2) is 7.52. The highest BCUT2D eigenvalue weighted by Crippen LogP contribution is 2.11. The molecule has 0 aliphatic rings. The number of aryl methyl sites for hydroxylation is 1. The lowest BCUT2D eigenvalue weighted by molar-refractivity contribution is -0.139. The molecule has 1 aromatic heterocycles. The fraction of sp³-hybridized carbons (Fsp3) is 0.615. The highest BCUT2D eigenvalue weighted by molar-refractivity contribution is 5.83. The summed E-state index contributed by atoms with van der Waals surface area (Å²) in [6.45, 7) is 4.76. The first-order chi connectivity index (χ1) is 9.40. The molecule has 0 saturated carbocycles. The zero-order valence-corrected chi connectivity index (χ0v) is 12.1. The highest BCUT2D eigenvalue weighted by Gasteiger charge is 2.23. The maximum absolute atomic E-state index is 11.7. The number of amides is 2. The summed E-state index contributed by atoms with van der Waals surface area (Å²) in [6.07, 6.45) is 4.89. The number of carboxylic acids is 1. The normalized spacial score (nSPS) is 12.2. The third-order valence-corrected chi connectivity index (χ3v) is 2.82. The van der Waals surface area contributed by atoms with Crippen molar-refractivity contribution in [3.63, 3.8) is 0 Å². The van der Waals surface area contributed by atoms with E-state index >= 15 is 0 Å². The molecule has 7 nitrogen and oxygen atoms in total. The van der Waals surface area contributed by atoms with Crippen LogP contribution in [-0.4, -0.2) is 33.4 Å². The van der Waals surface area contributed by atoms with E-state index in [-0.39, 0.29) is 0 Å². The van der Waals surface area contributed by atoms with Crippen LogP contribution in [-0.2, 0) is 11.8 Å². The summed E-state index contributed by atoms with van der Waals surface area (Å²) in [6, 6.07) is -1.57. The van der Waals surface area contributed by atoms with Crippen LogP contribution in [0.25, 0.3) is 0 Å². The topological polar surface area (TPSA) is 96.2 Å². The molecule has 112 valence electrons. The lowest BCUT2D eigenvalue weighted by atomic mass is 10.1. The number of carboxylic acid groups (broad SMARTS) is 1. The largest absolute Gasteiger partial charge is 0.479 e. The Balaban J connectivity index is 2.46. The van der Waals surface area contributed by atoms with Crippen molar-refractivity contribution in [3.05, 3.63) is 18.0 Å². The summed E-state index contributed by atoms with van der Waals surface area (Å²) in [5.41, 5.74) is 0.442. The van der Waals surface area contributed by atoms with Gasteiger partial charge in [0.1, 0.15) is 0 Å². The fourth-order valence-electron chi connectivity index (χ4n) is 1.77. The van der Waals surface area contributed by atoms with Gasteiger partial charge in [0.15, 0.2) is 6.04 Å². The Hall–Kier alpha value is -2.05. The van der Waals surface area contributed by atoms with Crippen molar-refractivity contribution in [3.8, 4) is 0 Å². The maximum Gasteiger partial charge on any atom is 0.331 e. The average molecular weight is 282 g/mol. The van der Waals surface area contributed by atoms with Crippen LogP contribution in [0.1, 0.15) is 38.3 Å². The minimum Gasteiger partial charge on any atom is -0.479 e. The third-order valence-electron chi connectivity index (χ3n) is 2.82. The number of carbonyl (C=O) groups is 2.